The minimum absolute atomic E-state index is 0.0243. The van der Waals surface area contributed by atoms with E-state index in [-0.39, 0.29) is 12.0 Å². The van der Waals surface area contributed by atoms with Gasteiger partial charge in [0, 0.05) is 35.6 Å². The fourth-order valence-corrected chi connectivity index (χ4v) is 2.62. The van der Waals surface area contributed by atoms with Crippen LogP contribution in [0.1, 0.15) is 27.2 Å². The summed E-state index contributed by atoms with van der Waals surface area (Å²) in [6, 6.07) is 0.658. The molecule has 1 aliphatic heterocycles. The van der Waals surface area contributed by atoms with Gasteiger partial charge < -0.3 is 10.4 Å². The molecule has 0 radical (unpaired) electrons. The highest BCUT2D eigenvalue weighted by molar-refractivity contribution is 8.00. The molecule has 2 N–H and O–H groups in total. The van der Waals surface area contributed by atoms with Crippen LogP contribution in [0.25, 0.3) is 0 Å². The zero-order chi connectivity index (χ0) is 9.90. The molecule has 0 spiro atoms. The van der Waals surface area contributed by atoms with Crippen molar-refractivity contribution in [1.82, 2.24) is 5.32 Å². The van der Waals surface area contributed by atoms with Crippen LogP contribution in [-0.2, 0) is 0 Å². The summed E-state index contributed by atoms with van der Waals surface area (Å²) < 4.78 is 0. The minimum atomic E-state index is 0.0243. The van der Waals surface area contributed by atoms with E-state index in [2.05, 4.69) is 26.1 Å². The van der Waals surface area contributed by atoms with E-state index in [9.17, 15) is 0 Å². The van der Waals surface area contributed by atoms with Crippen molar-refractivity contribution in [3.63, 3.8) is 0 Å². The third-order valence-corrected chi connectivity index (χ3v) is 3.85. The van der Waals surface area contributed by atoms with Gasteiger partial charge in [0.1, 0.15) is 0 Å². The molecule has 1 saturated heterocycles. The normalized spacial score (nSPS) is 29.5. The Bertz CT molecular complexity index is 161. The van der Waals surface area contributed by atoms with Gasteiger partial charge in [-0.15, -0.1) is 0 Å². The van der Waals surface area contributed by atoms with E-state index in [0.717, 1.165) is 11.8 Å². The largest absolute Gasteiger partial charge is 0.396 e. The molecule has 0 saturated carbocycles. The molecule has 0 aromatic carbocycles. The lowest BCUT2D eigenvalue weighted by Crippen LogP contribution is -2.38. The van der Waals surface area contributed by atoms with Crippen molar-refractivity contribution >= 4 is 11.8 Å². The molecule has 0 amide bonds. The maximum atomic E-state index is 9.07. The first-order valence-corrected chi connectivity index (χ1v) is 6.04. The number of nitrogens with one attached hydrogen (secondary N) is 1. The van der Waals surface area contributed by atoms with E-state index in [0.29, 0.717) is 6.04 Å². The number of thioether (sulfide) groups is 1. The number of rotatable bonds is 4. The van der Waals surface area contributed by atoms with Crippen molar-refractivity contribution in [2.75, 3.05) is 18.9 Å². The SMILES string of the molecule is CC1CC(NCC(C)(C)CO)CS1. The zero-order valence-corrected chi connectivity index (χ0v) is 9.66. The van der Waals surface area contributed by atoms with Crippen LogP contribution in [0.5, 0.6) is 0 Å². The lowest BCUT2D eigenvalue weighted by Gasteiger charge is -2.24. The van der Waals surface area contributed by atoms with Crippen molar-refractivity contribution < 1.29 is 5.11 Å². The van der Waals surface area contributed by atoms with Gasteiger partial charge in [-0.2, -0.15) is 11.8 Å². The number of hydrogen-bond donors (Lipinski definition) is 2. The van der Waals surface area contributed by atoms with E-state index in [1.165, 1.54) is 12.2 Å². The van der Waals surface area contributed by atoms with E-state index in [1.807, 2.05) is 11.8 Å². The summed E-state index contributed by atoms with van der Waals surface area (Å²) in [5.74, 6) is 1.22. The molecule has 0 aliphatic carbocycles. The predicted molar refractivity (Wildman–Crippen MR) is 59.2 cm³/mol. The summed E-state index contributed by atoms with van der Waals surface area (Å²) in [7, 11) is 0. The quantitative estimate of drug-likeness (QED) is 0.726. The average Bonchev–Trinajstić information content (AvgIpc) is 2.48. The highest BCUT2D eigenvalue weighted by Crippen LogP contribution is 2.26. The molecule has 2 nitrogen and oxygen atoms in total. The van der Waals surface area contributed by atoms with E-state index < -0.39 is 0 Å². The third kappa shape index (κ3) is 3.88. The third-order valence-electron chi connectivity index (χ3n) is 2.50. The van der Waals surface area contributed by atoms with Crippen LogP contribution in [-0.4, -0.2) is 35.3 Å². The van der Waals surface area contributed by atoms with Gasteiger partial charge in [-0.1, -0.05) is 20.8 Å². The fraction of sp³-hybridized carbons (Fsp3) is 1.00. The number of aliphatic hydroxyl groups is 1. The predicted octanol–water partition coefficient (Wildman–Crippen LogP) is 1.49. The molecule has 13 heavy (non-hydrogen) atoms. The van der Waals surface area contributed by atoms with Gasteiger partial charge >= 0.3 is 0 Å². The molecule has 1 fully saturated rings. The van der Waals surface area contributed by atoms with Crippen molar-refractivity contribution in [2.45, 2.75) is 38.5 Å². The summed E-state index contributed by atoms with van der Waals surface area (Å²) in [5, 5.41) is 13.4. The molecule has 1 heterocycles. The van der Waals surface area contributed by atoms with Crippen LogP contribution < -0.4 is 5.32 Å². The van der Waals surface area contributed by atoms with Gasteiger partial charge in [-0.3, -0.25) is 0 Å². The van der Waals surface area contributed by atoms with Crippen LogP contribution in [0.15, 0.2) is 0 Å². The van der Waals surface area contributed by atoms with Gasteiger partial charge in [-0.05, 0) is 6.42 Å². The molecule has 2 unspecified atom stereocenters. The van der Waals surface area contributed by atoms with Crippen LogP contribution >= 0.6 is 11.8 Å². The summed E-state index contributed by atoms with van der Waals surface area (Å²) in [6.45, 7) is 7.64. The Kier molecular flexibility index (Phi) is 4.07. The van der Waals surface area contributed by atoms with Crippen LogP contribution in [0.3, 0.4) is 0 Å². The first kappa shape index (κ1) is 11.3. The van der Waals surface area contributed by atoms with Crippen molar-refractivity contribution in [1.29, 1.82) is 0 Å². The molecule has 78 valence electrons. The summed E-state index contributed by atoms with van der Waals surface area (Å²) in [6.07, 6.45) is 1.27. The molecule has 0 aromatic heterocycles. The summed E-state index contributed by atoms with van der Waals surface area (Å²) in [5.41, 5.74) is 0.0243. The second kappa shape index (κ2) is 4.67. The Hall–Kier alpha value is 0.270. The second-order valence-corrected chi connectivity index (χ2v) is 6.25. The van der Waals surface area contributed by atoms with Crippen LogP contribution in [0, 0.1) is 5.41 Å². The minimum Gasteiger partial charge on any atom is -0.396 e. The number of hydrogen-bond acceptors (Lipinski definition) is 3. The maximum absolute atomic E-state index is 9.07. The highest BCUT2D eigenvalue weighted by Gasteiger charge is 2.24. The Labute approximate surface area is 85.5 Å². The molecular weight excluding hydrogens is 182 g/mol. The standard InChI is InChI=1S/C10H21NOS/c1-8-4-9(5-13-8)11-6-10(2,3)7-12/h8-9,11-12H,4-7H2,1-3H3. The molecule has 3 heteroatoms. The molecule has 2 atom stereocenters. The van der Waals surface area contributed by atoms with Crippen molar-refractivity contribution in [3.05, 3.63) is 0 Å². The molecular formula is C10H21NOS. The monoisotopic (exact) mass is 203 g/mol. The highest BCUT2D eigenvalue weighted by atomic mass is 32.2. The fourth-order valence-electron chi connectivity index (χ4n) is 1.44. The Morgan fingerprint density at radius 1 is 1.54 bits per heavy atom. The topological polar surface area (TPSA) is 32.3 Å². The zero-order valence-electron chi connectivity index (χ0n) is 8.84. The van der Waals surface area contributed by atoms with Gasteiger partial charge in [0.15, 0.2) is 0 Å². The maximum Gasteiger partial charge on any atom is 0.0494 e. The summed E-state index contributed by atoms with van der Waals surface area (Å²) >= 11 is 2.04. The Morgan fingerprint density at radius 2 is 2.23 bits per heavy atom. The summed E-state index contributed by atoms with van der Waals surface area (Å²) in [4.78, 5) is 0. The lowest BCUT2D eigenvalue weighted by atomic mass is 9.94. The van der Waals surface area contributed by atoms with E-state index in [4.69, 9.17) is 5.11 Å². The molecule has 0 aromatic rings. The van der Waals surface area contributed by atoms with Gasteiger partial charge in [0.2, 0.25) is 0 Å². The Balaban J connectivity index is 2.19. The smallest absolute Gasteiger partial charge is 0.0494 e. The van der Waals surface area contributed by atoms with Crippen molar-refractivity contribution in [2.24, 2.45) is 5.41 Å². The molecule has 1 aliphatic rings. The second-order valence-electron chi connectivity index (χ2n) is 4.78. The molecule has 0 bridgehead atoms. The van der Waals surface area contributed by atoms with Gasteiger partial charge in [0.05, 0.1) is 0 Å². The first-order chi connectivity index (χ1) is 6.03. The van der Waals surface area contributed by atoms with Gasteiger partial charge in [0.25, 0.3) is 0 Å². The van der Waals surface area contributed by atoms with Crippen molar-refractivity contribution in [3.8, 4) is 0 Å². The molecule has 1 rings (SSSR count). The first-order valence-electron chi connectivity index (χ1n) is 4.99. The van der Waals surface area contributed by atoms with E-state index in [1.54, 1.807) is 0 Å². The lowest BCUT2D eigenvalue weighted by molar-refractivity contribution is 0.154. The van der Waals surface area contributed by atoms with E-state index >= 15 is 0 Å². The average molecular weight is 203 g/mol. The Morgan fingerprint density at radius 3 is 2.69 bits per heavy atom. The van der Waals surface area contributed by atoms with Crippen LogP contribution in [0.2, 0.25) is 0 Å². The van der Waals surface area contributed by atoms with Gasteiger partial charge in [-0.25, -0.2) is 0 Å². The van der Waals surface area contributed by atoms with Crippen LogP contribution in [0.4, 0.5) is 0 Å². The number of aliphatic hydroxyl groups excluding tert-OH is 1.